The van der Waals surface area contributed by atoms with E-state index < -0.39 is 10.0 Å². The zero-order valence-electron chi connectivity index (χ0n) is 13.0. The molecule has 3 rings (SSSR count). The number of nitrogens with zero attached hydrogens (tertiary/aromatic N) is 1. The molecular formula is C17H18BrNO3S. The van der Waals surface area contributed by atoms with Crippen LogP contribution in [0.25, 0.3) is 0 Å². The summed E-state index contributed by atoms with van der Waals surface area (Å²) in [5.74, 6) is 0.806. The summed E-state index contributed by atoms with van der Waals surface area (Å²) >= 11 is 3.33. The van der Waals surface area contributed by atoms with Gasteiger partial charge in [-0.2, -0.15) is 4.31 Å². The molecule has 0 fully saturated rings. The van der Waals surface area contributed by atoms with Crippen molar-refractivity contribution >= 4 is 26.0 Å². The fraction of sp³-hybridized carbons (Fsp3) is 0.294. The quantitative estimate of drug-likeness (QED) is 0.794. The van der Waals surface area contributed by atoms with Crippen molar-refractivity contribution in [2.75, 3.05) is 13.7 Å². The van der Waals surface area contributed by atoms with Gasteiger partial charge in [-0.25, -0.2) is 8.42 Å². The number of rotatable bonds is 3. The zero-order chi connectivity index (χ0) is 16.6. The maximum atomic E-state index is 12.9. The standard InChI is InChI=1S/C17H18BrNO3S/c1-12-17-8-5-15(22-2)11-13(17)9-10-19(12)23(20,21)16-6-3-14(18)4-7-16/h3-8,11-12H,9-10H2,1-2H3. The molecule has 0 aliphatic carbocycles. The molecular weight excluding hydrogens is 378 g/mol. The van der Waals surface area contributed by atoms with Gasteiger partial charge in [-0.3, -0.25) is 0 Å². The molecule has 0 amide bonds. The molecule has 4 nitrogen and oxygen atoms in total. The molecule has 1 unspecified atom stereocenters. The van der Waals surface area contributed by atoms with Gasteiger partial charge in [0.05, 0.1) is 12.0 Å². The molecule has 0 bridgehead atoms. The molecule has 0 aromatic heterocycles. The smallest absolute Gasteiger partial charge is 0.243 e. The van der Waals surface area contributed by atoms with Crippen LogP contribution in [0.3, 0.4) is 0 Å². The summed E-state index contributed by atoms with van der Waals surface area (Å²) < 4.78 is 33.5. The Kier molecular flexibility index (Phi) is 4.49. The highest BCUT2D eigenvalue weighted by atomic mass is 79.9. The molecule has 0 spiro atoms. The topological polar surface area (TPSA) is 46.6 Å². The number of sulfonamides is 1. The average Bonchev–Trinajstić information content (AvgIpc) is 2.55. The van der Waals surface area contributed by atoms with Crippen LogP contribution < -0.4 is 4.74 Å². The Bertz CT molecular complexity index is 818. The van der Waals surface area contributed by atoms with Crippen LogP contribution >= 0.6 is 15.9 Å². The minimum atomic E-state index is -3.51. The predicted molar refractivity (Wildman–Crippen MR) is 93.1 cm³/mol. The molecule has 2 aromatic rings. The van der Waals surface area contributed by atoms with E-state index in [2.05, 4.69) is 15.9 Å². The Morgan fingerprint density at radius 3 is 2.52 bits per heavy atom. The van der Waals surface area contributed by atoms with Crippen LogP contribution in [0.15, 0.2) is 51.8 Å². The van der Waals surface area contributed by atoms with Gasteiger partial charge in [0.15, 0.2) is 0 Å². The van der Waals surface area contributed by atoms with Crippen LogP contribution in [0.1, 0.15) is 24.1 Å². The van der Waals surface area contributed by atoms with Gasteiger partial charge in [0, 0.05) is 17.1 Å². The number of ether oxygens (including phenoxy) is 1. The van der Waals surface area contributed by atoms with Gasteiger partial charge in [0.1, 0.15) is 5.75 Å². The first-order valence-corrected chi connectivity index (χ1v) is 9.61. The van der Waals surface area contributed by atoms with Crippen molar-refractivity contribution in [2.24, 2.45) is 0 Å². The van der Waals surface area contributed by atoms with Crippen molar-refractivity contribution in [1.82, 2.24) is 4.31 Å². The van der Waals surface area contributed by atoms with E-state index in [0.717, 1.165) is 21.3 Å². The summed E-state index contributed by atoms with van der Waals surface area (Å²) in [5, 5.41) is 0. The van der Waals surface area contributed by atoms with Gasteiger partial charge in [-0.05, 0) is 60.9 Å². The fourth-order valence-electron chi connectivity index (χ4n) is 2.98. The van der Waals surface area contributed by atoms with Gasteiger partial charge in [-0.15, -0.1) is 0 Å². The van der Waals surface area contributed by atoms with Gasteiger partial charge in [0.25, 0.3) is 0 Å². The van der Waals surface area contributed by atoms with E-state index in [1.807, 2.05) is 25.1 Å². The van der Waals surface area contributed by atoms with E-state index >= 15 is 0 Å². The highest BCUT2D eigenvalue weighted by molar-refractivity contribution is 9.10. The van der Waals surface area contributed by atoms with Gasteiger partial charge >= 0.3 is 0 Å². The van der Waals surface area contributed by atoms with E-state index in [4.69, 9.17) is 4.74 Å². The minimum Gasteiger partial charge on any atom is -0.497 e. The summed E-state index contributed by atoms with van der Waals surface area (Å²) in [6, 6.07) is 12.4. The third kappa shape index (κ3) is 3.03. The number of methoxy groups -OCH3 is 1. The number of benzene rings is 2. The second-order valence-electron chi connectivity index (χ2n) is 5.56. The SMILES string of the molecule is COc1ccc2c(c1)CCN(S(=O)(=O)c1ccc(Br)cc1)C2C. The van der Waals surface area contributed by atoms with Crippen molar-refractivity contribution in [3.8, 4) is 5.75 Å². The molecule has 1 heterocycles. The van der Waals surface area contributed by atoms with Crippen LogP contribution in [0.2, 0.25) is 0 Å². The summed E-state index contributed by atoms with van der Waals surface area (Å²) in [4.78, 5) is 0.324. The molecule has 1 atom stereocenters. The maximum Gasteiger partial charge on any atom is 0.243 e. The fourth-order valence-corrected chi connectivity index (χ4v) is 4.86. The predicted octanol–water partition coefficient (Wildman–Crippen LogP) is 3.77. The molecule has 1 aliphatic heterocycles. The molecule has 6 heteroatoms. The average molecular weight is 396 g/mol. The van der Waals surface area contributed by atoms with Crippen LogP contribution in [0.5, 0.6) is 5.75 Å². The van der Waals surface area contributed by atoms with Crippen LogP contribution in [0.4, 0.5) is 0 Å². The Morgan fingerprint density at radius 1 is 1.17 bits per heavy atom. The summed E-state index contributed by atoms with van der Waals surface area (Å²) in [7, 11) is -1.87. The van der Waals surface area contributed by atoms with Gasteiger partial charge in [-0.1, -0.05) is 22.0 Å². The van der Waals surface area contributed by atoms with Gasteiger partial charge < -0.3 is 4.74 Å². The number of hydrogen-bond acceptors (Lipinski definition) is 3. The normalized spacial score (nSPS) is 18.5. The van der Waals surface area contributed by atoms with E-state index in [1.165, 1.54) is 0 Å². The summed E-state index contributed by atoms with van der Waals surface area (Å²) in [6.07, 6.45) is 0.687. The van der Waals surface area contributed by atoms with Crippen molar-refractivity contribution in [3.63, 3.8) is 0 Å². The van der Waals surface area contributed by atoms with E-state index in [-0.39, 0.29) is 6.04 Å². The Morgan fingerprint density at radius 2 is 1.87 bits per heavy atom. The zero-order valence-corrected chi connectivity index (χ0v) is 15.4. The number of fused-ring (bicyclic) bond motifs is 1. The van der Waals surface area contributed by atoms with Crippen molar-refractivity contribution < 1.29 is 13.2 Å². The van der Waals surface area contributed by atoms with Gasteiger partial charge in [0.2, 0.25) is 10.0 Å². The Hall–Kier alpha value is -1.37. The molecule has 1 aliphatic rings. The lowest BCUT2D eigenvalue weighted by Gasteiger charge is -2.34. The largest absolute Gasteiger partial charge is 0.497 e. The second kappa shape index (κ2) is 6.26. The Labute approximate surface area is 145 Å². The first kappa shape index (κ1) is 16.5. The lowest BCUT2D eigenvalue weighted by atomic mass is 9.95. The number of hydrogen-bond donors (Lipinski definition) is 0. The Balaban J connectivity index is 1.96. The number of halogens is 1. The summed E-state index contributed by atoms with van der Waals surface area (Å²) in [6.45, 7) is 2.40. The summed E-state index contributed by atoms with van der Waals surface area (Å²) in [5.41, 5.74) is 2.19. The van der Waals surface area contributed by atoms with E-state index in [9.17, 15) is 8.42 Å². The molecule has 23 heavy (non-hydrogen) atoms. The molecule has 0 saturated carbocycles. The molecule has 0 radical (unpaired) electrons. The third-order valence-corrected chi connectivity index (χ3v) is 6.77. The van der Waals surface area contributed by atoms with E-state index in [0.29, 0.717) is 17.9 Å². The lowest BCUT2D eigenvalue weighted by molar-refractivity contribution is 0.325. The highest BCUT2D eigenvalue weighted by Gasteiger charge is 2.33. The van der Waals surface area contributed by atoms with Crippen molar-refractivity contribution in [3.05, 3.63) is 58.1 Å². The van der Waals surface area contributed by atoms with E-state index in [1.54, 1.807) is 35.7 Å². The molecule has 2 aromatic carbocycles. The van der Waals surface area contributed by atoms with Crippen molar-refractivity contribution in [2.45, 2.75) is 24.3 Å². The maximum absolute atomic E-state index is 12.9. The van der Waals surface area contributed by atoms with Crippen LogP contribution in [-0.4, -0.2) is 26.4 Å². The second-order valence-corrected chi connectivity index (χ2v) is 8.37. The third-order valence-electron chi connectivity index (χ3n) is 4.25. The minimum absolute atomic E-state index is 0.196. The van der Waals surface area contributed by atoms with Crippen molar-refractivity contribution in [1.29, 1.82) is 0 Å². The monoisotopic (exact) mass is 395 g/mol. The molecule has 122 valence electrons. The molecule has 0 saturated heterocycles. The van der Waals surface area contributed by atoms with Crippen LogP contribution in [-0.2, 0) is 16.4 Å². The first-order chi connectivity index (χ1) is 10.9. The lowest BCUT2D eigenvalue weighted by Crippen LogP contribution is -2.38. The molecule has 0 N–H and O–H groups in total. The highest BCUT2D eigenvalue weighted by Crippen LogP contribution is 2.35. The first-order valence-electron chi connectivity index (χ1n) is 7.37. The van der Waals surface area contributed by atoms with Crippen LogP contribution in [0, 0.1) is 0 Å².